The van der Waals surface area contributed by atoms with Gasteiger partial charge in [0.05, 0.1) is 29.2 Å². The third-order valence-electron chi connectivity index (χ3n) is 8.48. The Kier molecular flexibility index (Phi) is 8.13. The number of likely N-dealkylation sites (tertiary alicyclic amines) is 1. The number of fused-ring (bicyclic) bond motifs is 1. The van der Waals surface area contributed by atoms with E-state index in [-0.39, 0.29) is 34.4 Å². The molecule has 5 rings (SSSR count). The second kappa shape index (κ2) is 11.3. The minimum Gasteiger partial charge on any atom is -0.394 e. The van der Waals surface area contributed by atoms with Gasteiger partial charge in [-0.05, 0) is 49.8 Å². The lowest BCUT2D eigenvalue weighted by atomic mass is 9.70. The smallest absolute Gasteiger partial charge is 0.248 e. The van der Waals surface area contributed by atoms with E-state index in [1.165, 1.54) is 0 Å². The van der Waals surface area contributed by atoms with E-state index in [9.17, 15) is 19.5 Å². The number of carbonyl (C=O) groups is 3. The number of halogens is 1. The molecule has 3 N–H and O–H groups in total. The molecular weight excluding hydrogens is 578 g/mol. The van der Waals surface area contributed by atoms with Crippen molar-refractivity contribution in [3.63, 3.8) is 0 Å². The van der Waals surface area contributed by atoms with Crippen molar-refractivity contribution < 1.29 is 19.5 Å². The standard InChI is InChI=1S/C30H36BrN3O4S/c1-4-13-32-27(36)22-23-29(38)34(20(16-35)14-19-11-6-5-7-12-19)26(30(23)15-21(31)25(22)39-30)28(37)33-24-17(2)9-8-10-18(24)3/h5-12,20-23,25-26,35H,4,13-16H2,1-3H3,(H,32,36)(H,33,37)/t20-,21?,22-,23+,25-,26?,30?/m1/s1. The number of amides is 3. The zero-order valence-electron chi connectivity index (χ0n) is 22.5. The van der Waals surface area contributed by atoms with Crippen LogP contribution in [0.1, 0.15) is 36.5 Å². The van der Waals surface area contributed by atoms with E-state index < -0.39 is 28.7 Å². The molecule has 2 aromatic rings. The molecule has 208 valence electrons. The number of alkyl halides is 1. The maximum Gasteiger partial charge on any atom is 0.248 e. The Morgan fingerprint density at radius 3 is 2.46 bits per heavy atom. The van der Waals surface area contributed by atoms with Gasteiger partial charge in [-0.25, -0.2) is 0 Å². The highest BCUT2D eigenvalue weighted by Gasteiger charge is 2.76. The third-order valence-corrected chi connectivity index (χ3v) is 11.7. The molecule has 0 aromatic heterocycles. The van der Waals surface area contributed by atoms with Gasteiger partial charge >= 0.3 is 0 Å². The van der Waals surface area contributed by atoms with Gasteiger partial charge in [0.2, 0.25) is 17.7 Å². The van der Waals surface area contributed by atoms with Crippen molar-refractivity contribution >= 4 is 51.1 Å². The topological polar surface area (TPSA) is 98.7 Å². The molecule has 2 aromatic carbocycles. The van der Waals surface area contributed by atoms with Gasteiger partial charge in [-0.15, -0.1) is 11.8 Å². The fourth-order valence-electron chi connectivity index (χ4n) is 6.77. The van der Waals surface area contributed by atoms with Crippen LogP contribution in [0.5, 0.6) is 0 Å². The highest BCUT2D eigenvalue weighted by Crippen LogP contribution is 2.68. The van der Waals surface area contributed by atoms with Crippen LogP contribution in [0.4, 0.5) is 5.69 Å². The summed E-state index contributed by atoms with van der Waals surface area (Å²) in [7, 11) is 0. The van der Waals surface area contributed by atoms with Gasteiger partial charge in [-0.2, -0.15) is 0 Å². The van der Waals surface area contributed by atoms with E-state index in [0.717, 1.165) is 28.8 Å². The molecule has 7 nitrogen and oxygen atoms in total. The summed E-state index contributed by atoms with van der Waals surface area (Å²) in [5, 5.41) is 16.7. The molecule has 0 saturated carbocycles. The second-order valence-electron chi connectivity index (χ2n) is 11.0. The van der Waals surface area contributed by atoms with Crippen LogP contribution in [-0.4, -0.2) is 67.8 Å². The van der Waals surface area contributed by atoms with Crippen LogP contribution in [0, 0.1) is 25.7 Å². The first kappa shape index (κ1) is 28.2. The van der Waals surface area contributed by atoms with Crippen molar-refractivity contribution in [3.8, 4) is 0 Å². The Morgan fingerprint density at radius 2 is 1.82 bits per heavy atom. The van der Waals surface area contributed by atoms with Crippen LogP contribution < -0.4 is 10.6 Å². The predicted octanol–water partition coefficient (Wildman–Crippen LogP) is 3.84. The lowest BCUT2D eigenvalue weighted by Crippen LogP contribution is -2.56. The third kappa shape index (κ3) is 4.80. The first-order valence-electron chi connectivity index (χ1n) is 13.7. The summed E-state index contributed by atoms with van der Waals surface area (Å²) in [6.07, 6.45) is 1.81. The zero-order chi connectivity index (χ0) is 27.9. The fourth-order valence-corrected chi connectivity index (χ4v) is 10.4. The van der Waals surface area contributed by atoms with E-state index in [0.29, 0.717) is 19.4 Å². The fraction of sp³-hybridized carbons (Fsp3) is 0.500. The molecule has 39 heavy (non-hydrogen) atoms. The average Bonchev–Trinajstić information content (AvgIpc) is 3.52. The van der Waals surface area contributed by atoms with Crippen molar-refractivity contribution in [2.45, 2.75) is 66.9 Å². The van der Waals surface area contributed by atoms with Crippen LogP contribution in [0.3, 0.4) is 0 Å². The van der Waals surface area contributed by atoms with Crippen molar-refractivity contribution in [3.05, 3.63) is 65.2 Å². The lowest BCUT2D eigenvalue weighted by molar-refractivity contribution is -0.142. The van der Waals surface area contributed by atoms with Gasteiger partial charge in [0.1, 0.15) is 6.04 Å². The SMILES string of the molecule is CCCNC(=O)[C@H]1[C@@H]2SC3(CC2Br)C(C(=O)Nc2c(C)cccc2C)N([C@@H](CO)Cc2ccccc2)C(=O)[C@H]13. The minimum atomic E-state index is -0.825. The number of aliphatic hydroxyl groups is 1. The van der Waals surface area contributed by atoms with Gasteiger partial charge in [0.15, 0.2) is 0 Å². The maximum atomic E-state index is 14.4. The van der Waals surface area contributed by atoms with Gasteiger partial charge in [0.25, 0.3) is 0 Å². The van der Waals surface area contributed by atoms with Gasteiger partial charge < -0.3 is 20.6 Å². The van der Waals surface area contributed by atoms with Crippen molar-refractivity contribution in [1.29, 1.82) is 0 Å². The lowest BCUT2D eigenvalue weighted by Gasteiger charge is -2.37. The van der Waals surface area contributed by atoms with Gasteiger partial charge in [-0.3, -0.25) is 14.4 Å². The maximum absolute atomic E-state index is 14.4. The number of thioether (sulfide) groups is 1. The molecule has 3 fully saturated rings. The van der Waals surface area contributed by atoms with E-state index in [4.69, 9.17) is 0 Å². The molecule has 1 spiro atoms. The number of aryl methyl sites for hydroxylation is 2. The first-order chi connectivity index (χ1) is 18.7. The van der Waals surface area contributed by atoms with E-state index in [2.05, 4.69) is 26.6 Å². The van der Waals surface area contributed by atoms with Crippen LogP contribution in [0.15, 0.2) is 48.5 Å². The van der Waals surface area contributed by atoms with Crippen molar-refractivity contribution in [1.82, 2.24) is 10.2 Å². The summed E-state index contributed by atoms with van der Waals surface area (Å²) in [5.74, 6) is -1.77. The summed E-state index contributed by atoms with van der Waals surface area (Å²) in [6.45, 7) is 6.16. The van der Waals surface area contributed by atoms with Crippen molar-refractivity contribution in [2.75, 3.05) is 18.5 Å². The van der Waals surface area contributed by atoms with Gasteiger partial charge in [-0.1, -0.05) is 71.4 Å². The number of rotatable bonds is 9. The first-order valence-corrected chi connectivity index (χ1v) is 15.5. The number of carbonyl (C=O) groups excluding carboxylic acids is 3. The number of para-hydroxylation sites is 1. The molecule has 3 unspecified atom stereocenters. The highest BCUT2D eigenvalue weighted by molar-refractivity contribution is 9.09. The Morgan fingerprint density at radius 1 is 1.13 bits per heavy atom. The molecule has 2 bridgehead atoms. The molecule has 3 aliphatic heterocycles. The molecule has 0 aliphatic carbocycles. The number of hydrogen-bond acceptors (Lipinski definition) is 5. The van der Waals surface area contributed by atoms with E-state index in [1.807, 2.05) is 69.3 Å². The van der Waals surface area contributed by atoms with E-state index >= 15 is 0 Å². The molecule has 0 radical (unpaired) electrons. The predicted molar refractivity (Wildman–Crippen MR) is 158 cm³/mol. The summed E-state index contributed by atoms with van der Waals surface area (Å²) in [5.41, 5.74) is 3.59. The van der Waals surface area contributed by atoms with Crippen LogP contribution in [0.25, 0.3) is 0 Å². The summed E-state index contributed by atoms with van der Waals surface area (Å²) >= 11 is 5.42. The number of nitrogens with zero attached hydrogens (tertiary/aromatic N) is 1. The number of hydrogen-bond donors (Lipinski definition) is 3. The molecule has 9 heteroatoms. The summed E-state index contributed by atoms with van der Waals surface area (Å²) in [6, 6.07) is 14.1. The Hall–Kier alpha value is -2.36. The summed E-state index contributed by atoms with van der Waals surface area (Å²) in [4.78, 5) is 43.8. The quantitative estimate of drug-likeness (QED) is 0.373. The van der Waals surface area contributed by atoms with E-state index in [1.54, 1.807) is 16.7 Å². The number of anilines is 1. The number of benzene rings is 2. The molecule has 3 amide bonds. The normalized spacial score (nSPS) is 29.8. The van der Waals surface area contributed by atoms with Crippen LogP contribution in [0.2, 0.25) is 0 Å². The molecule has 3 heterocycles. The molecule has 3 aliphatic rings. The average molecular weight is 615 g/mol. The largest absolute Gasteiger partial charge is 0.394 e. The molecule has 3 saturated heterocycles. The van der Waals surface area contributed by atoms with Gasteiger partial charge in [0, 0.05) is 22.3 Å². The number of aliphatic hydroxyl groups excluding tert-OH is 1. The molecular formula is C30H36BrN3O4S. The number of nitrogens with one attached hydrogen (secondary N) is 2. The minimum absolute atomic E-state index is 0.000994. The molecule has 7 atom stereocenters. The Labute approximate surface area is 242 Å². The highest BCUT2D eigenvalue weighted by atomic mass is 79.9. The Bertz CT molecular complexity index is 1240. The monoisotopic (exact) mass is 613 g/mol. The van der Waals surface area contributed by atoms with Crippen LogP contribution >= 0.6 is 27.7 Å². The summed E-state index contributed by atoms with van der Waals surface area (Å²) < 4.78 is -0.769. The zero-order valence-corrected chi connectivity index (χ0v) is 24.9. The van der Waals surface area contributed by atoms with Crippen LogP contribution in [-0.2, 0) is 20.8 Å². The van der Waals surface area contributed by atoms with Crippen molar-refractivity contribution in [2.24, 2.45) is 11.8 Å². The Balaban J connectivity index is 1.57. The second-order valence-corrected chi connectivity index (χ2v) is 13.7.